The molecule has 0 bridgehead atoms. The summed E-state index contributed by atoms with van der Waals surface area (Å²) in [5.41, 5.74) is 0.962. The molecule has 0 N–H and O–H groups in total. The molecule has 0 radical (unpaired) electrons. The van der Waals surface area contributed by atoms with Gasteiger partial charge in [0.25, 0.3) is 0 Å². The van der Waals surface area contributed by atoms with E-state index in [-0.39, 0.29) is 11.8 Å². The van der Waals surface area contributed by atoms with Crippen molar-refractivity contribution < 1.29 is 23.8 Å². The predicted molar refractivity (Wildman–Crippen MR) is 120 cm³/mol. The molecule has 0 saturated carbocycles. The van der Waals surface area contributed by atoms with Gasteiger partial charge in [0, 0.05) is 45.7 Å². The zero-order valence-corrected chi connectivity index (χ0v) is 19.6. The van der Waals surface area contributed by atoms with Crippen molar-refractivity contribution in [1.29, 1.82) is 0 Å². The number of ether oxygens (including phenoxy) is 3. The molecule has 1 aromatic carbocycles. The fraction of sp³-hybridized carbons (Fsp3) is 0.652. The number of amides is 2. The van der Waals surface area contributed by atoms with E-state index in [0.717, 1.165) is 44.7 Å². The number of carbonyl (C=O) groups excluding carboxylic acids is 2. The summed E-state index contributed by atoms with van der Waals surface area (Å²) in [6, 6.07) is 3.77. The van der Waals surface area contributed by atoms with Crippen molar-refractivity contribution in [2.75, 3.05) is 67.1 Å². The van der Waals surface area contributed by atoms with Crippen molar-refractivity contribution in [3.8, 4) is 17.2 Å². The Balaban J connectivity index is 1.91. The normalized spacial score (nSPS) is 14.7. The predicted octanol–water partition coefficient (Wildman–Crippen LogP) is 2.05. The van der Waals surface area contributed by atoms with Crippen LogP contribution in [0.15, 0.2) is 12.1 Å². The van der Waals surface area contributed by atoms with Crippen LogP contribution in [0.3, 0.4) is 0 Å². The first-order valence-corrected chi connectivity index (χ1v) is 11.0. The Bertz CT molecular complexity index is 711. The maximum atomic E-state index is 12.8. The van der Waals surface area contributed by atoms with E-state index < -0.39 is 0 Å². The lowest BCUT2D eigenvalue weighted by atomic mass is 10.1. The highest BCUT2D eigenvalue weighted by Crippen LogP contribution is 2.38. The molecule has 2 rings (SSSR count). The zero-order valence-electron chi connectivity index (χ0n) is 19.6. The van der Waals surface area contributed by atoms with Gasteiger partial charge in [-0.15, -0.1) is 0 Å². The number of nitrogens with zero attached hydrogens (tertiary/aromatic N) is 3. The van der Waals surface area contributed by atoms with Crippen molar-refractivity contribution in [2.24, 2.45) is 0 Å². The van der Waals surface area contributed by atoms with Crippen molar-refractivity contribution >= 4 is 11.8 Å². The van der Waals surface area contributed by atoms with Crippen LogP contribution in [0.1, 0.15) is 32.3 Å². The first-order valence-electron chi connectivity index (χ1n) is 11.0. The summed E-state index contributed by atoms with van der Waals surface area (Å²) in [6.07, 6.45) is 1.88. The third kappa shape index (κ3) is 6.75. The number of aryl methyl sites for hydroxylation is 1. The molecular weight excluding hydrogens is 398 g/mol. The van der Waals surface area contributed by atoms with Gasteiger partial charge >= 0.3 is 0 Å². The first kappa shape index (κ1) is 24.8. The molecule has 1 heterocycles. The van der Waals surface area contributed by atoms with E-state index in [2.05, 4.69) is 4.90 Å². The largest absolute Gasteiger partial charge is 0.493 e. The van der Waals surface area contributed by atoms with Crippen LogP contribution in [-0.4, -0.2) is 93.7 Å². The minimum Gasteiger partial charge on any atom is -0.493 e. The molecule has 1 fully saturated rings. The number of carbonyl (C=O) groups is 2. The maximum Gasteiger partial charge on any atom is 0.236 e. The average molecular weight is 436 g/mol. The Morgan fingerprint density at radius 1 is 0.935 bits per heavy atom. The van der Waals surface area contributed by atoms with Crippen LogP contribution in [0.5, 0.6) is 17.2 Å². The number of hydrogen-bond donors (Lipinski definition) is 0. The quantitative estimate of drug-likeness (QED) is 0.560. The first-order chi connectivity index (χ1) is 15.0. The summed E-state index contributed by atoms with van der Waals surface area (Å²) in [7, 11) is 4.74. The van der Waals surface area contributed by atoms with Crippen LogP contribution >= 0.6 is 0 Å². The third-order valence-electron chi connectivity index (χ3n) is 5.77. The van der Waals surface area contributed by atoms with E-state index in [1.54, 1.807) is 21.3 Å². The molecule has 1 aliphatic heterocycles. The third-order valence-corrected chi connectivity index (χ3v) is 5.77. The summed E-state index contributed by atoms with van der Waals surface area (Å²) in [5.74, 6) is 2.02. The van der Waals surface area contributed by atoms with Crippen LogP contribution in [0, 0.1) is 0 Å². The number of hydrogen-bond acceptors (Lipinski definition) is 6. The lowest BCUT2D eigenvalue weighted by Gasteiger charge is -2.25. The lowest BCUT2D eigenvalue weighted by Crippen LogP contribution is -2.42. The minimum atomic E-state index is 0.130. The fourth-order valence-electron chi connectivity index (χ4n) is 3.94. The molecule has 8 heteroatoms. The maximum absolute atomic E-state index is 12.8. The van der Waals surface area contributed by atoms with Crippen molar-refractivity contribution in [1.82, 2.24) is 14.7 Å². The Labute approximate surface area is 186 Å². The standard InChI is InChI=1S/C23H37N3O5/c1-6-25(7-2)22(28)17-24-11-8-12-26(14-13-24)21(27)10-9-18-15-19(29-3)23(31-5)20(16-18)30-4/h15-16H,6-14,17H2,1-5H3. The van der Waals surface area contributed by atoms with E-state index in [1.165, 1.54) is 0 Å². The van der Waals surface area contributed by atoms with Crippen LogP contribution in [0.2, 0.25) is 0 Å². The highest BCUT2D eigenvalue weighted by molar-refractivity contribution is 5.78. The van der Waals surface area contributed by atoms with Gasteiger partial charge in [0.15, 0.2) is 11.5 Å². The minimum absolute atomic E-state index is 0.130. The van der Waals surface area contributed by atoms with Crippen molar-refractivity contribution in [3.63, 3.8) is 0 Å². The molecule has 0 unspecified atom stereocenters. The number of rotatable bonds is 10. The smallest absolute Gasteiger partial charge is 0.236 e. The summed E-state index contributed by atoms with van der Waals surface area (Å²) >= 11 is 0. The summed E-state index contributed by atoms with van der Waals surface area (Å²) in [6.45, 7) is 8.82. The number of benzene rings is 1. The molecule has 0 spiro atoms. The van der Waals surface area contributed by atoms with Crippen LogP contribution < -0.4 is 14.2 Å². The molecule has 8 nitrogen and oxygen atoms in total. The van der Waals surface area contributed by atoms with Gasteiger partial charge in [-0.3, -0.25) is 14.5 Å². The SMILES string of the molecule is CCN(CC)C(=O)CN1CCCN(C(=O)CCc2cc(OC)c(OC)c(OC)c2)CC1. The van der Waals surface area contributed by atoms with Gasteiger partial charge < -0.3 is 24.0 Å². The van der Waals surface area contributed by atoms with E-state index in [4.69, 9.17) is 14.2 Å². The molecule has 31 heavy (non-hydrogen) atoms. The Morgan fingerprint density at radius 2 is 1.58 bits per heavy atom. The highest BCUT2D eigenvalue weighted by atomic mass is 16.5. The molecule has 1 saturated heterocycles. The molecule has 0 aliphatic carbocycles. The number of likely N-dealkylation sites (N-methyl/N-ethyl adjacent to an activating group) is 1. The molecule has 0 aromatic heterocycles. The monoisotopic (exact) mass is 435 g/mol. The summed E-state index contributed by atoms with van der Waals surface area (Å²) in [5, 5.41) is 0. The highest BCUT2D eigenvalue weighted by Gasteiger charge is 2.22. The van der Waals surface area contributed by atoms with Crippen LogP contribution in [0.25, 0.3) is 0 Å². The zero-order chi connectivity index (χ0) is 22.8. The van der Waals surface area contributed by atoms with E-state index in [1.807, 2.05) is 35.8 Å². The Hall–Kier alpha value is -2.48. The van der Waals surface area contributed by atoms with Crippen LogP contribution in [0.4, 0.5) is 0 Å². The van der Waals surface area contributed by atoms with Gasteiger partial charge in [0.05, 0.1) is 27.9 Å². The van der Waals surface area contributed by atoms with E-state index in [0.29, 0.717) is 43.2 Å². The van der Waals surface area contributed by atoms with E-state index >= 15 is 0 Å². The van der Waals surface area contributed by atoms with Crippen LogP contribution in [-0.2, 0) is 16.0 Å². The summed E-state index contributed by atoms with van der Waals surface area (Å²) < 4.78 is 16.2. The van der Waals surface area contributed by atoms with Crippen molar-refractivity contribution in [3.05, 3.63) is 17.7 Å². The van der Waals surface area contributed by atoms with Gasteiger partial charge in [-0.05, 0) is 44.4 Å². The molecule has 1 aromatic rings. The Morgan fingerprint density at radius 3 is 2.13 bits per heavy atom. The summed E-state index contributed by atoms with van der Waals surface area (Å²) in [4.78, 5) is 31.1. The van der Waals surface area contributed by atoms with Crippen molar-refractivity contribution in [2.45, 2.75) is 33.1 Å². The second-order valence-corrected chi connectivity index (χ2v) is 7.61. The molecule has 2 amide bonds. The lowest BCUT2D eigenvalue weighted by molar-refractivity contribution is -0.132. The topological polar surface area (TPSA) is 71.6 Å². The van der Waals surface area contributed by atoms with Gasteiger partial charge in [-0.2, -0.15) is 0 Å². The van der Waals surface area contributed by atoms with Gasteiger partial charge in [0.1, 0.15) is 0 Å². The average Bonchev–Trinajstić information content (AvgIpc) is 3.03. The van der Waals surface area contributed by atoms with Gasteiger partial charge in [-0.25, -0.2) is 0 Å². The Kier molecular flexibility index (Phi) is 9.91. The second kappa shape index (κ2) is 12.4. The molecular formula is C23H37N3O5. The van der Waals surface area contributed by atoms with Gasteiger partial charge in [-0.1, -0.05) is 0 Å². The van der Waals surface area contributed by atoms with E-state index in [9.17, 15) is 9.59 Å². The fourth-order valence-corrected chi connectivity index (χ4v) is 3.94. The molecule has 0 atom stereocenters. The molecule has 1 aliphatic rings. The van der Waals surface area contributed by atoms with Gasteiger partial charge in [0.2, 0.25) is 17.6 Å². The molecule has 174 valence electrons. The second-order valence-electron chi connectivity index (χ2n) is 7.61. The number of methoxy groups -OCH3 is 3.